The molecule has 0 unspecified atom stereocenters. The van der Waals surface area contributed by atoms with Crippen molar-refractivity contribution in [3.05, 3.63) is 52.4 Å². The van der Waals surface area contributed by atoms with E-state index in [9.17, 15) is 14.4 Å². The first kappa shape index (κ1) is 31.4. The number of halogens is 2. The van der Waals surface area contributed by atoms with Gasteiger partial charge in [0.15, 0.2) is 11.6 Å². The molecule has 0 fully saturated rings. The van der Waals surface area contributed by atoms with Crippen molar-refractivity contribution in [2.45, 2.75) is 86.3 Å². The second-order valence-electron chi connectivity index (χ2n) is 12.4. The monoisotopic (exact) mass is 573 g/mol. The zero-order chi connectivity index (χ0) is 30.9. The highest BCUT2D eigenvalue weighted by atomic mass is 19.2. The molecule has 0 aliphatic heterocycles. The van der Waals surface area contributed by atoms with Crippen LogP contribution in [-0.4, -0.2) is 38.3 Å². The van der Waals surface area contributed by atoms with Crippen LogP contribution in [0.25, 0.3) is 11.3 Å². The first-order valence-corrected chi connectivity index (χ1v) is 13.2. The molecule has 0 atom stereocenters. The van der Waals surface area contributed by atoms with Gasteiger partial charge in [-0.05, 0) is 58.1 Å². The van der Waals surface area contributed by atoms with Crippen LogP contribution >= 0.6 is 0 Å². The van der Waals surface area contributed by atoms with E-state index in [0.717, 1.165) is 0 Å². The van der Waals surface area contributed by atoms with Gasteiger partial charge in [-0.25, -0.2) is 18.3 Å². The number of aromatic nitrogens is 3. The van der Waals surface area contributed by atoms with Crippen LogP contribution in [0.15, 0.2) is 22.7 Å². The fourth-order valence-corrected chi connectivity index (χ4v) is 4.19. The molecular formula is C29H37F2N5O5. The van der Waals surface area contributed by atoms with Crippen molar-refractivity contribution in [3.63, 3.8) is 0 Å². The Balaban J connectivity index is 1.91. The van der Waals surface area contributed by atoms with Crippen molar-refractivity contribution in [1.29, 1.82) is 0 Å². The second-order valence-corrected chi connectivity index (χ2v) is 12.4. The van der Waals surface area contributed by atoms with E-state index in [1.165, 1.54) is 16.8 Å². The molecule has 10 nitrogen and oxygen atoms in total. The van der Waals surface area contributed by atoms with Gasteiger partial charge in [0.05, 0.1) is 12.1 Å². The lowest BCUT2D eigenvalue weighted by molar-refractivity contribution is -0.118. The van der Waals surface area contributed by atoms with Gasteiger partial charge in [-0.3, -0.25) is 14.9 Å². The van der Waals surface area contributed by atoms with Crippen molar-refractivity contribution in [2.24, 2.45) is 11.1 Å². The summed E-state index contributed by atoms with van der Waals surface area (Å²) in [6, 6.07) is 3.74. The molecule has 3 rings (SSSR count). The maximum Gasteiger partial charge on any atom is 0.413 e. The normalized spacial score (nSPS) is 12.1. The first-order valence-electron chi connectivity index (χ1n) is 13.2. The summed E-state index contributed by atoms with van der Waals surface area (Å²) in [7, 11) is 0. The highest BCUT2D eigenvalue weighted by Crippen LogP contribution is 2.34. The maximum atomic E-state index is 15.4. The highest BCUT2D eigenvalue weighted by molar-refractivity contribution is 6.06. The second kappa shape index (κ2) is 11.8. The smallest absolute Gasteiger partial charge is 0.413 e. The number of benzene rings is 1. The van der Waals surface area contributed by atoms with Gasteiger partial charge < -0.3 is 15.0 Å². The summed E-state index contributed by atoms with van der Waals surface area (Å²) in [5.41, 5.74) is 4.32. The van der Waals surface area contributed by atoms with Gasteiger partial charge in [-0.1, -0.05) is 32.0 Å². The number of rotatable bonds is 9. The van der Waals surface area contributed by atoms with Crippen molar-refractivity contribution in [2.75, 3.05) is 5.32 Å². The molecule has 3 N–H and O–H groups in total. The minimum Gasteiger partial charge on any atom is -0.444 e. The summed E-state index contributed by atoms with van der Waals surface area (Å²) in [5.74, 6) is -3.79. The van der Waals surface area contributed by atoms with Crippen LogP contribution in [-0.2, 0) is 28.8 Å². The van der Waals surface area contributed by atoms with Crippen LogP contribution in [0, 0.1) is 17.0 Å². The summed E-state index contributed by atoms with van der Waals surface area (Å²) in [4.78, 5) is 37.6. The number of primary amides is 1. The molecule has 0 saturated heterocycles. The molecule has 2 aromatic heterocycles. The quantitative estimate of drug-likeness (QED) is 0.330. The van der Waals surface area contributed by atoms with Crippen LogP contribution in [0.4, 0.5) is 19.4 Å². The number of anilines is 1. The molecule has 222 valence electrons. The molecule has 0 radical (unpaired) electrons. The zero-order valence-corrected chi connectivity index (χ0v) is 24.6. The number of nitrogens with zero attached hydrogens (tertiary/aromatic N) is 3. The van der Waals surface area contributed by atoms with E-state index in [1.54, 1.807) is 40.7 Å². The van der Waals surface area contributed by atoms with Crippen LogP contribution < -0.4 is 11.1 Å². The van der Waals surface area contributed by atoms with Crippen molar-refractivity contribution < 1.29 is 32.4 Å². The third-order valence-electron chi connectivity index (χ3n) is 5.76. The molecule has 1 aromatic carbocycles. The molecule has 0 bridgehead atoms. The third-order valence-corrected chi connectivity index (χ3v) is 5.76. The van der Waals surface area contributed by atoms with E-state index in [4.69, 9.17) is 15.0 Å². The summed E-state index contributed by atoms with van der Waals surface area (Å²) >= 11 is 0. The molecule has 12 heteroatoms. The molecular weight excluding hydrogens is 536 g/mol. The van der Waals surface area contributed by atoms with Crippen LogP contribution in [0.3, 0.4) is 0 Å². The molecule has 0 spiro atoms. The van der Waals surface area contributed by atoms with E-state index < -0.39 is 47.5 Å². The Kier molecular flexibility index (Phi) is 9.04. The predicted molar refractivity (Wildman–Crippen MR) is 148 cm³/mol. The Labute approximate surface area is 237 Å². The topological polar surface area (TPSA) is 142 Å². The van der Waals surface area contributed by atoms with E-state index in [0.29, 0.717) is 17.9 Å². The number of nitrogens with two attached hydrogens (primary N) is 1. The van der Waals surface area contributed by atoms with Crippen molar-refractivity contribution >= 4 is 23.6 Å². The SMILES string of the molecule is CC(C)n1nc(-c2ccc(CC(=O)Cc3cc(CC(C)(C)C)no3)c(F)c2F)c(C(N)=O)c1NC(=O)OC(C)(C)C. The Hall–Kier alpha value is -4.09. The molecule has 2 amide bonds. The molecule has 3 aromatic rings. The average molecular weight is 574 g/mol. The van der Waals surface area contributed by atoms with Gasteiger partial charge in [0, 0.05) is 24.1 Å². The first-order chi connectivity index (χ1) is 18.9. The Bertz CT molecular complexity index is 1460. The summed E-state index contributed by atoms with van der Waals surface area (Å²) < 4.78 is 42.4. The Morgan fingerprint density at radius 3 is 2.29 bits per heavy atom. The standard InChI is InChI=1S/C29H37F2N5O5/c1-15(2)36-26(33-27(39)40-29(6,7)8)21(25(32)38)24(34-36)20-10-9-16(22(30)23(20)31)11-18(37)13-19-12-17(35-41-19)14-28(3,4)5/h9-10,12,15H,11,13-14H2,1-8H3,(H2,32,38)(H,33,39). The summed E-state index contributed by atoms with van der Waals surface area (Å²) in [6.07, 6.45) is -0.760. The lowest BCUT2D eigenvalue weighted by atomic mass is 9.90. The van der Waals surface area contributed by atoms with E-state index in [-0.39, 0.29) is 40.0 Å². The highest BCUT2D eigenvalue weighted by Gasteiger charge is 2.30. The minimum atomic E-state index is -1.32. The van der Waals surface area contributed by atoms with Gasteiger partial charge >= 0.3 is 6.09 Å². The summed E-state index contributed by atoms with van der Waals surface area (Å²) in [5, 5.41) is 10.7. The molecule has 0 aliphatic carbocycles. The number of amides is 2. The van der Waals surface area contributed by atoms with Crippen LogP contribution in [0.2, 0.25) is 0 Å². The number of carbonyl (C=O) groups excluding carboxylic acids is 3. The maximum absolute atomic E-state index is 15.4. The number of Topliss-reactive ketones (excluding diaryl/α,β-unsaturated/α-hetero) is 1. The Morgan fingerprint density at radius 1 is 1.07 bits per heavy atom. The largest absolute Gasteiger partial charge is 0.444 e. The number of carbonyl (C=O) groups is 3. The van der Waals surface area contributed by atoms with Gasteiger partial charge in [0.25, 0.3) is 5.91 Å². The number of hydrogen-bond donors (Lipinski definition) is 2. The van der Waals surface area contributed by atoms with Gasteiger partial charge in [-0.2, -0.15) is 5.10 Å². The lowest BCUT2D eigenvalue weighted by Gasteiger charge is -2.20. The van der Waals surface area contributed by atoms with Crippen molar-refractivity contribution in [1.82, 2.24) is 14.9 Å². The van der Waals surface area contributed by atoms with E-state index >= 15 is 8.78 Å². The summed E-state index contributed by atoms with van der Waals surface area (Å²) in [6.45, 7) is 14.6. The minimum absolute atomic E-state index is 0.0213. The number of hydrogen-bond acceptors (Lipinski definition) is 7. The predicted octanol–water partition coefficient (Wildman–Crippen LogP) is 5.79. The number of nitrogens with one attached hydrogen (secondary N) is 1. The third kappa shape index (κ3) is 7.99. The van der Waals surface area contributed by atoms with E-state index in [2.05, 4.69) is 15.6 Å². The molecule has 0 aliphatic rings. The van der Waals surface area contributed by atoms with E-state index in [1.807, 2.05) is 20.8 Å². The average Bonchev–Trinajstić information content (AvgIpc) is 3.38. The zero-order valence-electron chi connectivity index (χ0n) is 24.6. The van der Waals surface area contributed by atoms with Crippen LogP contribution in [0.5, 0.6) is 0 Å². The lowest BCUT2D eigenvalue weighted by Crippen LogP contribution is -2.29. The van der Waals surface area contributed by atoms with Gasteiger partial charge in [0.2, 0.25) is 0 Å². The fraction of sp³-hybridized carbons (Fsp3) is 0.483. The number of ether oxygens (including phenoxy) is 1. The Morgan fingerprint density at radius 2 is 1.73 bits per heavy atom. The molecule has 0 saturated carbocycles. The number of ketones is 1. The fourth-order valence-electron chi connectivity index (χ4n) is 4.19. The van der Waals surface area contributed by atoms with Crippen molar-refractivity contribution in [3.8, 4) is 11.3 Å². The van der Waals surface area contributed by atoms with Gasteiger partial charge in [0.1, 0.15) is 34.2 Å². The molecule has 2 heterocycles. The van der Waals surface area contributed by atoms with Crippen LogP contribution in [0.1, 0.15) is 88.8 Å². The van der Waals surface area contributed by atoms with Gasteiger partial charge in [-0.15, -0.1) is 0 Å². The molecule has 41 heavy (non-hydrogen) atoms.